The van der Waals surface area contributed by atoms with Gasteiger partial charge in [-0.25, -0.2) is 4.79 Å². The zero-order chi connectivity index (χ0) is 15.5. The Hall–Kier alpha value is -2.44. The Labute approximate surface area is 118 Å². The minimum Gasteiger partial charge on any atom is -0.467 e. The van der Waals surface area contributed by atoms with Crippen molar-refractivity contribution in [1.29, 1.82) is 0 Å². The summed E-state index contributed by atoms with van der Waals surface area (Å²) in [6.45, 7) is 0.238. The maximum absolute atomic E-state index is 12.4. The predicted molar refractivity (Wildman–Crippen MR) is 68.8 cm³/mol. The van der Waals surface area contributed by atoms with Crippen molar-refractivity contribution in [2.75, 3.05) is 12.4 Å². The molecule has 112 valence electrons. The molecule has 0 amide bonds. The SMILES string of the molecule is COC(=O)c1coc(CNc2ccc(C(F)(F)F)cc2)c1. The number of carbonyl (C=O) groups is 1. The first kappa shape index (κ1) is 15.0. The lowest BCUT2D eigenvalue weighted by molar-refractivity contribution is -0.137. The van der Waals surface area contributed by atoms with Crippen LogP contribution in [-0.4, -0.2) is 13.1 Å². The molecule has 0 saturated carbocycles. The minimum absolute atomic E-state index is 0.238. The summed E-state index contributed by atoms with van der Waals surface area (Å²) in [5.74, 6) is -0.0465. The van der Waals surface area contributed by atoms with E-state index in [1.165, 1.54) is 31.6 Å². The van der Waals surface area contributed by atoms with Gasteiger partial charge in [-0.1, -0.05) is 0 Å². The van der Waals surface area contributed by atoms with Gasteiger partial charge in [0.25, 0.3) is 0 Å². The zero-order valence-corrected chi connectivity index (χ0v) is 11.0. The summed E-state index contributed by atoms with van der Waals surface area (Å²) in [5.41, 5.74) is 0.0831. The van der Waals surface area contributed by atoms with Gasteiger partial charge in [-0.15, -0.1) is 0 Å². The van der Waals surface area contributed by atoms with E-state index in [4.69, 9.17) is 4.42 Å². The lowest BCUT2D eigenvalue weighted by Gasteiger charge is -2.08. The molecule has 0 fully saturated rings. The van der Waals surface area contributed by atoms with Crippen LogP contribution in [0, 0.1) is 0 Å². The second-order valence-corrected chi connectivity index (χ2v) is 4.22. The van der Waals surface area contributed by atoms with E-state index in [1.54, 1.807) is 0 Å². The molecule has 1 N–H and O–H groups in total. The minimum atomic E-state index is -4.35. The quantitative estimate of drug-likeness (QED) is 0.875. The number of rotatable bonds is 4. The normalized spacial score (nSPS) is 11.2. The van der Waals surface area contributed by atoms with E-state index >= 15 is 0 Å². The van der Waals surface area contributed by atoms with Crippen molar-refractivity contribution in [2.24, 2.45) is 0 Å². The summed E-state index contributed by atoms with van der Waals surface area (Å²) in [4.78, 5) is 11.2. The number of furan rings is 1. The van der Waals surface area contributed by atoms with Crippen LogP contribution in [0.25, 0.3) is 0 Å². The first-order valence-electron chi connectivity index (χ1n) is 5.97. The van der Waals surface area contributed by atoms with Crippen LogP contribution in [0.4, 0.5) is 18.9 Å². The molecule has 0 bridgehead atoms. The molecule has 0 aliphatic heterocycles. The highest BCUT2D eigenvalue weighted by atomic mass is 19.4. The molecule has 1 aromatic carbocycles. The van der Waals surface area contributed by atoms with Gasteiger partial charge in [0.15, 0.2) is 0 Å². The molecule has 7 heteroatoms. The molecule has 21 heavy (non-hydrogen) atoms. The van der Waals surface area contributed by atoms with E-state index < -0.39 is 17.7 Å². The average molecular weight is 299 g/mol. The summed E-state index contributed by atoms with van der Waals surface area (Å²) >= 11 is 0. The number of benzene rings is 1. The first-order chi connectivity index (χ1) is 9.90. The number of halogens is 3. The van der Waals surface area contributed by atoms with Crippen LogP contribution in [0.15, 0.2) is 41.0 Å². The monoisotopic (exact) mass is 299 g/mol. The van der Waals surface area contributed by atoms with Gasteiger partial charge in [-0.05, 0) is 30.3 Å². The number of ether oxygens (including phenoxy) is 1. The molecule has 0 aliphatic rings. The van der Waals surface area contributed by atoms with Gasteiger partial charge in [-0.2, -0.15) is 13.2 Å². The lowest BCUT2D eigenvalue weighted by atomic mass is 10.2. The van der Waals surface area contributed by atoms with Crippen LogP contribution in [0.1, 0.15) is 21.7 Å². The molecule has 0 saturated heterocycles. The van der Waals surface area contributed by atoms with Crippen LogP contribution < -0.4 is 5.32 Å². The number of anilines is 1. The van der Waals surface area contributed by atoms with Crippen LogP contribution in [0.2, 0.25) is 0 Å². The number of methoxy groups -OCH3 is 1. The third kappa shape index (κ3) is 3.77. The van der Waals surface area contributed by atoms with Crippen LogP contribution >= 0.6 is 0 Å². The fourth-order valence-corrected chi connectivity index (χ4v) is 1.66. The average Bonchev–Trinajstić information content (AvgIpc) is 2.92. The van der Waals surface area contributed by atoms with Gasteiger partial charge in [0.2, 0.25) is 0 Å². The molecule has 2 aromatic rings. The van der Waals surface area contributed by atoms with E-state index in [1.807, 2.05) is 0 Å². The van der Waals surface area contributed by atoms with Gasteiger partial charge < -0.3 is 14.5 Å². The molecule has 0 atom stereocenters. The van der Waals surface area contributed by atoms with Crippen molar-refractivity contribution >= 4 is 11.7 Å². The van der Waals surface area contributed by atoms with Crippen molar-refractivity contribution < 1.29 is 27.1 Å². The maximum Gasteiger partial charge on any atom is 0.416 e. The number of alkyl halides is 3. The Balaban J connectivity index is 1.97. The van der Waals surface area contributed by atoms with E-state index in [2.05, 4.69) is 10.1 Å². The van der Waals surface area contributed by atoms with Crippen molar-refractivity contribution in [1.82, 2.24) is 0 Å². The lowest BCUT2D eigenvalue weighted by Crippen LogP contribution is -2.05. The highest BCUT2D eigenvalue weighted by Crippen LogP contribution is 2.29. The Morgan fingerprint density at radius 3 is 2.52 bits per heavy atom. The van der Waals surface area contributed by atoms with Crippen molar-refractivity contribution in [2.45, 2.75) is 12.7 Å². The highest BCUT2D eigenvalue weighted by molar-refractivity contribution is 5.88. The standard InChI is InChI=1S/C14H12F3NO3/c1-20-13(19)9-6-12(21-8-9)7-18-11-4-2-10(3-5-11)14(15,16)17/h2-6,8,18H,7H2,1H3. The number of hydrogen-bond donors (Lipinski definition) is 1. The third-order valence-electron chi connectivity index (χ3n) is 2.75. The third-order valence-corrected chi connectivity index (χ3v) is 2.75. The number of hydrogen-bond acceptors (Lipinski definition) is 4. The van der Waals surface area contributed by atoms with Crippen LogP contribution in [-0.2, 0) is 17.5 Å². The van der Waals surface area contributed by atoms with Crippen molar-refractivity contribution in [3.05, 3.63) is 53.5 Å². The van der Waals surface area contributed by atoms with Gasteiger partial charge in [0.05, 0.1) is 24.8 Å². The molecule has 0 spiro atoms. The van der Waals surface area contributed by atoms with Gasteiger partial charge >= 0.3 is 12.1 Å². The fraction of sp³-hybridized carbons (Fsp3) is 0.214. The number of carbonyl (C=O) groups excluding carboxylic acids is 1. The van der Waals surface area contributed by atoms with Gasteiger partial charge in [-0.3, -0.25) is 0 Å². The van der Waals surface area contributed by atoms with E-state index in [0.29, 0.717) is 11.4 Å². The predicted octanol–water partition coefficient (Wildman–Crippen LogP) is 3.70. The molecule has 4 nitrogen and oxygen atoms in total. The van der Waals surface area contributed by atoms with E-state index in [0.717, 1.165) is 12.1 Å². The summed E-state index contributed by atoms with van der Waals surface area (Å²) in [6, 6.07) is 6.14. The summed E-state index contributed by atoms with van der Waals surface area (Å²) in [6.07, 6.45) is -3.09. The molecule has 1 aromatic heterocycles. The molecule has 0 unspecified atom stereocenters. The molecule has 2 rings (SSSR count). The topological polar surface area (TPSA) is 51.5 Å². The molecule has 0 radical (unpaired) electrons. The number of esters is 1. The summed E-state index contributed by atoms with van der Waals surface area (Å²) in [5, 5.41) is 2.90. The Morgan fingerprint density at radius 1 is 1.29 bits per heavy atom. The van der Waals surface area contributed by atoms with Crippen LogP contribution in [0.3, 0.4) is 0 Å². The van der Waals surface area contributed by atoms with E-state index in [9.17, 15) is 18.0 Å². The fourth-order valence-electron chi connectivity index (χ4n) is 1.66. The van der Waals surface area contributed by atoms with Crippen molar-refractivity contribution in [3.8, 4) is 0 Å². The van der Waals surface area contributed by atoms with Gasteiger partial charge in [0, 0.05) is 5.69 Å². The summed E-state index contributed by atoms with van der Waals surface area (Å²) < 4.78 is 46.9. The molecule has 0 aliphatic carbocycles. The Bertz CT molecular complexity index is 617. The second kappa shape index (κ2) is 5.90. The number of nitrogens with one attached hydrogen (secondary N) is 1. The first-order valence-corrected chi connectivity index (χ1v) is 5.97. The smallest absolute Gasteiger partial charge is 0.416 e. The summed E-state index contributed by atoms with van der Waals surface area (Å²) in [7, 11) is 1.26. The zero-order valence-electron chi connectivity index (χ0n) is 11.0. The molecular weight excluding hydrogens is 287 g/mol. The largest absolute Gasteiger partial charge is 0.467 e. The maximum atomic E-state index is 12.4. The molecular formula is C14H12F3NO3. The van der Waals surface area contributed by atoms with Gasteiger partial charge in [0.1, 0.15) is 12.0 Å². The van der Waals surface area contributed by atoms with Crippen molar-refractivity contribution in [3.63, 3.8) is 0 Å². The van der Waals surface area contributed by atoms with Crippen LogP contribution in [0.5, 0.6) is 0 Å². The highest BCUT2D eigenvalue weighted by Gasteiger charge is 2.29. The molecule has 1 heterocycles. The Morgan fingerprint density at radius 2 is 1.95 bits per heavy atom. The van der Waals surface area contributed by atoms with E-state index in [-0.39, 0.29) is 12.1 Å². The Kier molecular flexibility index (Phi) is 4.21. The second-order valence-electron chi connectivity index (χ2n) is 4.22.